The van der Waals surface area contributed by atoms with Gasteiger partial charge in [-0.05, 0) is 18.2 Å². The normalized spacial score (nSPS) is 11.9. The van der Waals surface area contributed by atoms with Crippen LogP contribution in [0.5, 0.6) is 5.75 Å². The topological polar surface area (TPSA) is 59.0 Å². The molecule has 0 aromatic heterocycles. The van der Waals surface area contributed by atoms with E-state index in [9.17, 15) is 0 Å². The summed E-state index contributed by atoms with van der Waals surface area (Å²) in [6, 6.07) is 6.61. The maximum atomic E-state index is 8.40. The molecule has 0 saturated heterocycles. The van der Waals surface area contributed by atoms with Gasteiger partial charge in [-0.1, -0.05) is 23.2 Å². The second kappa shape index (κ2) is 5.82. The van der Waals surface area contributed by atoms with E-state index < -0.39 is 0 Å². The Bertz CT molecular complexity index is 376. The number of nitriles is 1. The van der Waals surface area contributed by atoms with Gasteiger partial charge in [0.25, 0.3) is 0 Å². The monoisotopic (exact) mass is 244 g/mol. The van der Waals surface area contributed by atoms with Crippen LogP contribution in [0.1, 0.15) is 6.42 Å². The Kier molecular flexibility index (Phi) is 4.70. The predicted molar refractivity (Wildman–Crippen MR) is 60.2 cm³/mol. The molecule has 0 heterocycles. The molecular weight excluding hydrogens is 235 g/mol. The summed E-state index contributed by atoms with van der Waals surface area (Å²) in [5, 5.41) is 9.38. The van der Waals surface area contributed by atoms with Gasteiger partial charge in [0, 0.05) is 5.02 Å². The number of nitrogens with two attached hydrogens (primary N) is 1. The minimum atomic E-state index is -0.304. The molecule has 0 spiro atoms. The van der Waals surface area contributed by atoms with E-state index in [1.54, 1.807) is 18.2 Å². The first-order chi connectivity index (χ1) is 7.13. The Hall–Kier alpha value is -0.950. The van der Waals surface area contributed by atoms with Gasteiger partial charge in [0.2, 0.25) is 0 Å². The summed E-state index contributed by atoms with van der Waals surface area (Å²) in [6.45, 7) is 0.259. The van der Waals surface area contributed by atoms with Crippen molar-refractivity contribution in [2.24, 2.45) is 5.73 Å². The summed E-state index contributed by atoms with van der Waals surface area (Å²) in [5.41, 5.74) is 5.60. The molecular formula is C10H10Cl2N2O. The maximum absolute atomic E-state index is 8.40. The van der Waals surface area contributed by atoms with E-state index in [1.165, 1.54) is 0 Å². The van der Waals surface area contributed by atoms with E-state index in [1.807, 2.05) is 6.07 Å². The molecule has 1 rings (SSSR count). The lowest BCUT2D eigenvalue weighted by molar-refractivity contribution is 0.290. The third-order valence-electron chi connectivity index (χ3n) is 1.70. The standard InChI is InChI=1S/C10H10Cl2N2O/c11-7-1-2-10(9(12)5-7)15-6-8(14)3-4-13/h1-2,5,8H,3,6,14H2. The Morgan fingerprint density at radius 1 is 1.47 bits per heavy atom. The maximum Gasteiger partial charge on any atom is 0.138 e. The summed E-state index contributed by atoms with van der Waals surface area (Å²) in [7, 11) is 0. The van der Waals surface area contributed by atoms with Gasteiger partial charge in [-0.3, -0.25) is 0 Å². The van der Waals surface area contributed by atoms with Gasteiger partial charge < -0.3 is 10.5 Å². The molecule has 0 aliphatic rings. The average Bonchev–Trinajstić information content (AvgIpc) is 2.17. The van der Waals surface area contributed by atoms with Crippen molar-refractivity contribution in [3.63, 3.8) is 0 Å². The van der Waals surface area contributed by atoms with Crippen LogP contribution in [0.3, 0.4) is 0 Å². The highest BCUT2D eigenvalue weighted by Crippen LogP contribution is 2.27. The molecule has 0 aliphatic carbocycles. The second-order valence-electron chi connectivity index (χ2n) is 3.01. The third kappa shape index (κ3) is 3.96. The van der Waals surface area contributed by atoms with E-state index in [0.29, 0.717) is 15.8 Å². The fourth-order valence-electron chi connectivity index (χ4n) is 0.965. The number of hydrogen-bond acceptors (Lipinski definition) is 3. The summed E-state index contributed by atoms with van der Waals surface area (Å²) < 4.78 is 5.34. The van der Waals surface area contributed by atoms with Crippen LogP contribution in [0.15, 0.2) is 18.2 Å². The van der Waals surface area contributed by atoms with E-state index in [0.717, 1.165) is 0 Å². The molecule has 0 fully saturated rings. The van der Waals surface area contributed by atoms with Crippen LogP contribution in [0.4, 0.5) is 0 Å². The zero-order valence-corrected chi connectivity index (χ0v) is 9.42. The molecule has 0 saturated carbocycles. The van der Waals surface area contributed by atoms with Crippen LogP contribution in [-0.4, -0.2) is 12.6 Å². The van der Waals surface area contributed by atoms with Gasteiger partial charge in [0.1, 0.15) is 12.4 Å². The third-order valence-corrected chi connectivity index (χ3v) is 2.23. The van der Waals surface area contributed by atoms with Gasteiger partial charge in [-0.2, -0.15) is 5.26 Å². The molecule has 15 heavy (non-hydrogen) atoms. The molecule has 1 atom stereocenters. The van der Waals surface area contributed by atoms with E-state index in [2.05, 4.69) is 0 Å². The first kappa shape index (κ1) is 12.1. The van der Waals surface area contributed by atoms with Crippen molar-refractivity contribution >= 4 is 23.2 Å². The second-order valence-corrected chi connectivity index (χ2v) is 3.85. The Balaban J connectivity index is 2.55. The molecule has 80 valence electrons. The van der Waals surface area contributed by atoms with Gasteiger partial charge in [0.05, 0.1) is 23.6 Å². The first-order valence-electron chi connectivity index (χ1n) is 4.34. The van der Waals surface area contributed by atoms with Crippen molar-refractivity contribution in [1.82, 2.24) is 0 Å². The van der Waals surface area contributed by atoms with Gasteiger partial charge >= 0.3 is 0 Å². The van der Waals surface area contributed by atoms with Gasteiger partial charge in [-0.25, -0.2) is 0 Å². The Morgan fingerprint density at radius 2 is 2.20 bits per heavy atom. The van der Waals surface area contributed by atoms with E-state index in [4.69, 9.17) is 38.9 Å². The predicted octanol–water partition coefficient (Wildman–Crippen LogP) is 2.61. The smallest absolute Gasteiger partial charge is 0.138 e. The zero-order chi connectivity index (χ0) is 11.3. The Labute approximate surface area is 98.3 Å². The molecule has 0 bridgehead atoms. The van der Waals surface area contributed by atoms with Crippen molar-refractivity contribution in [3.8, 4) is 11.8 Å². The van der Waals surface area contributed by atoms with E-state index >= 15 is 0 Å². The first-order valence-corrected chi connectivity index (χ1v) is 5.09. The number of nitrogens with zero attached hydrogens (tertiary/aromatic N) is 1. The average molecular weight is 245 g/mol. The number of rotatable bonds is 4. The molecule has 3 nitrogen and oxygen atoms in total. The number of hydrogen-bond donors (Lipinski definition) is 1. The van der Waals surface area contributed by atoms with Crippen LogP contribution >= 0.6 is 23.2 Å². The van der Waals surface area contributed by atoms with Crippen molar-refractivity contribution in [3.05, 3.63) is 28.2 Å². The van der Waals surface area contributed by atoms with Crippen LogP contribution in [-0.2, 0) is 0 Å². The van der Waals surface area contributed by atoms with E-state index in [-0.39, 0.29) is 19.1 Å². The number of ether oxygens (including phenoxy) is 1. The highest BCUT2D eigenvalue weighted by molar-refractivity contribution is 6.35. The van der Waals surface area contributed by atoms with Crippen molar-refractivity contribution in [2.45, 2.75) is 12.5 Å². The quantitative estimate of drug-likeness (QED) is 0.886. The molecule has 2 N–H and O–H groups in total. The van der Waals surface area contributed by atoms with Crippen LogP contribution in [0, 0.1) is 11.3 Å². The number of halogens is 2. The molecule has 1 aromatic carbocycles. The molecule has 0 amide bonds. The zero-order valence-electron chi connectivity index (χ0n) is 7.91. The van der Waals surface area contributed by atoms with Gasteiger partial charge in [0.15, 0.2) is 0 Å². The lowest BCUT2D eigenvalue weighted by Gasteiger charge is -2.11. The SMILES string of the molecule is N#CCC(N)COc1ccc(Cl)cc1Cl. The fraction of sp³-hybridized carbons (Fsp3) is 0.300. The van der Waals surface area contributed by atoms with Crippen LogP contribution in [0.2, 0.25) is 10.0 Å². The van der Waals surface area contributed by atoms with Gasteiger partial charge in [-0.15, -0.1) is 0 Å². The highest BCUT2D eigenvalue weighted by atomic mass is 35.5. The fourth-order valence-corrected chi connectivity index (χ4v) is 1.43. The minimum Gasteiger partial charge on any atom is -0.490 e. The van der Waals surface area contributed by atoms with Crippen molar-refractivity contribution in [2.75, 3.05) is 6.61 Å². The highest BCUT2D eigenvalue weighted by Gasteiger charge is 2.06. The molecule has 1 unspecified atom stereocenters. The number of benzene rings is 1. The van der Waals surface area contributed by atoms with Crippen LogP contribution in [0.25, 0.3) is 0 Å². The minimum absolute atomic E-state index is 0.255. The molecule has 0 aliphatic heterocycles. The van der Waals surface area contributed by atoms with Crippen molar-refractivity contribution in [1.29, 1.82) is 5.26 Å². The lowest BCUT2D eigenvalue weighted by Crippen LogP contribution is -2.27. The molecule has 0 radical (unpaired) electrons. The largest absolute Gasteiger partial charge is 0.490 e. The summed E-state index contributed by atoms with van der Waals surface area (Å²) in [5.74, 6) is 0.523. The summed E-state index contributed by atoms with van der Waals surface area (Å²) >= 11 is 11.6. The Morgan fingerprint density at radius 3 is 2.80 bits per heavy atom. The summed E-state index contributed by atoms with van der Waals surface area (Å²) in [6.07, 6.45) is 0.255. The van der Waals surface area contributed by atoms with Crippen molar-refractivity contribution < 1.29 is 4.74 Å². The molecule has 1 aromatic rings. The van der Waals surface area contributed by atoms with Crippen LogP contribution < -0.4 is 10.5 Å². The lowest BCUT2D eigenvalue weighted by atomic mass is 10.2. The summed E-state index contributed by atoms with van der Waals surface area (Å²) in [4.78, 5) is 0. The molecule has 5 heteroatoms.